The van der Waals surface area contributed by atoms with Gasteiger partial charge in [0.25, 0.3) is 0 Å². The SMILES string of the molecule is Oc1c2c(Cl)cc(OCC3CCC3)cc2c2n1CCNC2. The van der Waals surface area contributed by atoms with E-state index in [2.05, 4.69) is 5.32 Å². The number of hydrogen-bond donors (Lipinski definition) is 2. The van der Waals surface area contributed by atoms with E-state index in [4.69, 9.17) is 16.3 Å². The first kappa shape index (κ1) is 13.3. The van der Waals surface area contributed by atoms with Gasteiger partial charge in [-0.05, 0) is 30.9 Å². The Hall–Kier alpha value is -1.39. The zero-order valence-electron chi connectivity index (χ0n) is 11.9. The van der Waals surface area contributed by atoms with E-state index in [0.717, 1.165) is 48.5 Å². The van der Waals surface area contributed by atoms with Gasteiger partial charge in [-0.2, -0.15) is 0 Å². The lowest BCUT2D eigenvalue weighted by atomic mass is 9.86. The van der Waals surface area contributed by atoms with Gasteiger partial charge in [-0.3, -0.25) is 0 Å². The van der Waals surface area contributed by atoms with Crippen LogP contribution in [0.25, 0.3) is 10.8 Å². The van der Waals surface area contributed by atoms with Crippen LogP contribution in [0.1, 0.15) is 25.0 Å². The smallest absolute Gasteiger partial charge is 0.200 e. The van der Waals surface area contributed by atoms with Gasteiger partial charge in [-0.15, -0.1) is 0 Å². The van der Waals surface area contributed by atoms with E-state index in [1.807, 2.05) is 16.7 Å². The molecule has 2 aromatic rings. The molecule has 0 radical (unpaired) electrons. The number of halogens is 1. The van der Waals surface area contributed by atoms with Crippen LogP contribution in [0.4, 0.5) is 0 Å². The van der Waals surface area contributed by atoms with Crippen molar-refractivity contribution in [3.05, 3.63) is 22.8 Å². The quantitative estimate of drug-likeness (QED) is 0.915. The maximum Gasteiger partial charge on any atom is 0.200 e. The number of fused-ring (bicyclic) bond motifs is 3. The van der Waals surface area contributed by atoms with Crippen LogP contribution in [0, 0.1) is 5.92 Å². The topological polar surface area (TPSA) is 46.4 Å². The summed E-state index contributed by atoms with van der Waals surface area (Å²) in [6.45, 7) is 3.15. The maximum atomic E-state index is 10.4. The van der Waals surface area contributed by atoms with Gasteiger partial charge in [0.2, 0.25) is 5.88 Å². The van der Waals surface area contributed by atoms with Crippen molar-refractivity contribution in [1.82, 2.24) is 9.88 Å². The number of aromatic hydroxyl groups is 1. The molecule has 4 nitrogen and oxygen atoms in total. The highest BCUT2D eigenvalue weighted by Crippen LogP contribution is 2.40. The third-order valence-corrected chi connectivity index (χ3v) is 4.99. The van der Waals surface area contributed by atoms with Crippen LogP contribution < -0.4 is 10.1 Å². The second kappa shape index (κ2) is 5.11. The molecule has 2 N–H and O–H groups in total. The van der Waals surface area contributed by atoms with Crippen molar-refractivity contribution in [2.75, 3.05) is 13.2 Å². The molecule has 5 heteroatoms. The Balaban J connectivity index is 1.73. The number of ether oxygens (including phenoxy) is 1. The van der Waals surface area contributed by atoms with Crippen LogP contribution >= 0.6 is 11.6 Å². The summed E-state index contributed by atoms with van der Waals surface area (Å²) in [5, 5.41) is 16.0. The molecule has 1 fully saturated rings. The van der Waals surface area contributed by atoms with Gasteiger partial charge >= 0.3 is 0 Å². The molecule has 1 aromatic carbocycles. The second-order valence-corrected chi connectivity index (χ2v) is 6.44. The summed E-state index contributed by atoms with van der Waals surface area (Å²) in [4.78, 5) is 0. The van der Waals surface area contributed by atoms with E-state index < -0.39 is 0 Å². The summed E-state index contributed by atoms with van der Waals surface area (Å²) >= 11 is 6.38. The fourth-order valence-corrected chi connectivity index (χ4v) is 3.52. The number of rotatable bonds is 3. The molecule has 0 bridgehead atoms. The van der Waals surface area contributed by atoms with Crippen molar-refractivity contribution in [1.29, 1.82) is 0 Å². The van der Waals surface area contributed by atoms with E-state index in [-0.39, 0.29) is 5.88 Å². The third-order valence-electron chi connectivity index (χ3n) is 4.69. The number of benzene rings is 1. The van der Waals surface area contributed by atoms with Crippen molar-refractivity contribution in [2.24, 2.45) is 5.92 Å². The number of aromatic nitrogens is 1. The molecule has 0 unspecified atom stereocenters. The molecule has 0 atom stereocenters. The lowest BCUT2D eigenvalue weighted by molar-refractivity contribution is 0.181. The van der Waals surface area contributed by atoms with Crippen LogP contribution in [0.5, 0.6) is 11.6 Å². The monoisotopic (exact) mass is 306 g/mol. The van der Waals surface area contributed by atoms with E-state index in [9.17, 15) is 5.11 Å². The number of hydrogen-bond acceptors (Lipinski definition) is 3. The standard InChI is InChI=1S/C16H19ClN2O2/c17-13-7-11(21-9-10-2-1-3-10)6-12-14-8-18-4-5-19(14)16(20)15(12)13/h6-7,10,18,20H,1-5,8-9H2. The maximum absolute atomic E-state index is 10.4. The average molecular weight is 307 g/mol. The highest BCUT2D eigenvalue weighted by atomic mass is 35.5. The van der Waals surface area contributed by atoms with Gasteiger partial charge in [-0.25, -0.2) is 0 Å². The Morgan fingerprint density at radius 1 is 1.38 bits per heavy atom. The molecule has 21 heavy (non-hydrogen) atoms. The van der Waals surface area contributed by atoms with Crippen molar-refractivity contribution < 1.29 is 9.84 Å². The summed E-state index contributed by atoms with van der Waals surface area (Å²) in [6, 6.07) is 3.83. The van der Waals surface area contributed by atoms with Gasteiger partial charge in [-0.1, -0.05) is 18.0 Å². The van der Waals surface area contributed by atoms with Crippen LogP contribution in [0.15, 0.2) is 12.1 Å². The van der Waals surface area contributed by atoms with Gasteiger partial charge in [0.05, 0.1) is 17.0 Å². The van der Waals surface area contributed by atoms with Crippen molar-refractivity contribution in [3.63, 3.8) is 0 Å². The molecule has 1 aliphatic carbocycles. The molecule has 1 aliphatic heterocycles. The second-order valence-electron chi connectivity index (χ2n) is 6.03. The van der Waals surface area contributed by atoms with Gasteiger partial charge < -0.3 is 19.7 Å². The molecule has 1 aromatic heterocycles. The van der Waals surface area contributed by atoms with E-state index in [1.165, 1.54) is 19.3 Å². The zero-order valence-corrected chi connectivity index (χ0v) is 12.6. The number of nitrogens with one attached hydrogen (secondary N) is 1. The minimum Gasteiger partial charge on any atom is -0.494 e. The minimum absolute atomic E-state index is 0.275. The predicted octanol–water partition coefficient (Wildman–Crippen LogP) is 3.28. The first-order valence-corrected chi connectivity index (χ1v) is 7.99. The number of nitrogens with zero attached hydrogens (tertiary/aromatic N) is 1. The van der Waals surface area contributed by atoms with Crippen LogP contribution in [0.3, 0.4) is 0 Å². The van der Waals surface area contributed by atoms with Crippen molar-refractivity contribution >= 4 is 22.4 Å². The highest BCUT2D eigenvalue weighted by Gasteiger charge is 2.22. The van der Waals surface area contributed by atoms with E-state index in [0.29, 0.717) is 10.9 Å². The summed E-state index contributed by atoms with van der Waals surface area (Å²) < 4.78 is 7.85. The molecule has 0 spiro atoms. The predicted molar refractivity (Wildman–Crippen MR) is 83.2 cm³/mol. The molecule has 4 rings (SSSR count). The first-order chi connectivity index (χ1) is 10.2. The molecule has 2 heterocycles. The normalized spacial score (nSPS) is 18.5. The first-order valence-electron chi connectivity index (χ1n) is 7.61. The Morgan fingerprint density at radius 3 is 3.00 bits per heavy atom. The summed E-state index contributed by atoms with van der Waals surface area (Å²) in [5.41, 5.74) is 1.09. The lowest BCUT2D eigenvalue weighted by Crippen LogP contribution is -2.27. The fourth-order valence-electron chi connectivity index (χ4n) is 3.23. The largest absolute Gasteiger partial charge is 0.494 e. The van der Waals surface area contributed by atoms with Gasteiger partial charge in [0.1, 0.15) is 5.75 Å². The molecular weight excluding hydrogens is 288 g/mol. The zero-order chi connectivity index (χ0) is 14.4. The lowest BCUT2D eigenvalue weighted by Gasteiger charge is -2.25. The van der Waals surface area contributed by atoms with Gasteiger partial charge in [0.15, 0.2) is 0 Å². The Kier molecular flexibility index (Phi) is 3.23. The van der Waals surface area contributed by atoms with Crippen molar-refractivity contribution in [3.8, 4) is 11.6 Å². The Bertz CT molecular complexity index is 691. The summed E-state index contributed by atoms with van der Waals surface area (Å²) in [6.07, 6.45) is 3.85. The minimum atomic E-state index is 0.275. The molecular formula is C16H19ClN2O2. The fraction of sp³-hybridized carbons (Fsp3) is 0.500. The van der Waals surface area contributed by atoms with E-state index in [1.54, 1.807) is 0 Å². The molecule has 112 valence electrons. The average Bonchev–Trinajstić information content (AvgIpc) is 2.72. The Labute approximate surface area is 128 Å². The summed E-state index contributed by atoms with van der Waals surface area (Å²) in [7, 11) is 0. The Morgan fingerprint density at radius 2 is 2.24 bits per heavy atom. The molecule has 0 saturated heterocycles. The molecule has 0 amide bonds. The molecule has 1 saturated carbocycles. The highest BCUT2D eigenvalue weighted by molar-refractivity contribution is 6.36. The summed E-state index contributed by atoms with van der Waals surface area (Å²) in [5.74, 6) is 1.77. The van der Waals surface area contributed by atoms with E-state index >= 15 is 0 Å². The van der Waals surface area contributed by atoms with Crippen LogP contribution in [-0.2, 0) is 13.1 Å². The van der Waals surface area contributed by atoms with Gasteiger partial charge in [0, 0.05) is 30.7 Å². The van der Waals surface area contributed by atoms with Crippen LogP contribution in [0.2, 0.25) is 5.02 Å². The van der Waals surface area contributed by atoms with Crippen LogP contribution in [-0.4, -0.2) is 22.8 Å². The van der Waals surface area contributed by atoms with Crippen molar-refractivity contribution in [2.45, 2.75) is 32.4 Å². The molecule has 2 aliphatic rings. The third kappa shape index (κ3) is 2.17.